The Morgan fingerprint density at radius 2 is 2.05 bits per heavy atom. The molecule has 6 heteroatoms. The van der Waals surface area contributed by atoms with Crippen LogP contribution in [-0.4, -0.2) is 55.3 Å². The number of benzene rings is 1. The second kappa shape index (κ2) is 8.25. The fraction of sp³-hybridized carbons (Fsp3) is 0.467. The number of nitrogens with zero attached hydrogens (tertiary/aromatic N) is 2. The lowest BCUT2D eigenvalue weighted by atomic mass is 10.2. The monoisotopic (exact) mass is 291 g/mol. The molecule has 1 amide bonds. The van der Waals surface area contributed by atoms with Gasteiger partial charge in [0.25, 0.3) is 0 Å². The van der Waals surface area contributed by atoms with E-state index in [1.165, 1.54) is 4.90 Å². The topological polar surface area (TPSA) is 85.6 Å². The lowest BCUT2D eigenvalue weighted by Gasteiger charge is -2.20. The minimum absolute atomic E-state index is 0.0461. The predicted molar refractivity (Wildman–Crippen MR) is 78.8 cm³/mol. The normalized spacial score (nSPS) is 13.1. The maximum absolute atomic E-state index is 11.6. The van der Waals surface area contributed by atoms with Crippen molar-refractivity contribution in [3.8, 4) is 11.8 Å². The first-order valence-corrected chi connectivity index (χ1v) is 6.69. The molecule has 0 saturated heterocycles. The van der Waals surface area contributed by atoms with Crippen molar-refractivity contribution >= 4 is 5.91 Å². The second-order valence-electron chi connectivity index (χ2n) is 4.96. The Morgan fingerprint density at radius 1 is 1.43 bits per heavy atom. The molecule has 114 valence electrons. The van der Waals surface area contributed by atoms with Gasteiger partial charge in [0.1, 0.15) is 18.5 Å². The molecule has 0 aliphatic heterocycles. The van der Waals surface area contributed by atoms with Crippen molar-refractivity contribution in [2.45, 2.75) is 19.1 Å². The van der Waals surface area contributed by atoms with E-state index in [0.717, 1.165) is 0 Å². The van der Waals surface area contributed by atoms with Gasteiger partial charge in [-0.25, -0.2) is 0 Å². The van der Waals surface area contributed by atoms with Gasteiger partial charge in [-0.1, -0.05) is 0 Å². The maximum Gasteiger partial charge on any atom is 0.238 e. The molecule has 21 heavy (non-hydrogen) atoms. The molecular formula is C15H21N3O3. The number of aliphatic hydroxyl groups excluding tert-OH is 1. The van der Waals surface area contributed by atoms with E-state index in [1.54, 1.807) is 45.3 Å². The zero-order valence-electron chi connectivity index (χ0n) is 12.5. The number of nitrogens with one attached hydrogen (secondary N) is 1. The van der Waals surface area contributed by atoms with Crippen LogP contribution in [0, 0.1) is 11.3 Å². The summed E-state index contributed by atoms with van der Waals surface area (Å²) >= 11 is 0. The zero-order valence-corrected chi connectivity index (χ0v) is 12.5. The fourth-order valence-electron chi connectivity index (χ4n) is 1.66. The van der Waals surface area contributed by atoms with E-state index >= 15 is 0 Å². The molecule has 0 spiro atoms. The third-order valence-electron chi connectivity index (χ3n) is 2.90. The molecule has 2 unspecified atom stereocenters. The predicted octanol–water partition coefficient (Wildman–Crippen LogP) is 0.364. The lowest BCUT2D eigenvalue weighted by molar-refractivity contribution is -0.130. The van der Waals surface area contributed by atoms with E-state index in [-0.39, 0.29) is 25.1 Å². The number of hydrogen-bond acceptors (Lipinski definition) is 5. The Balaban J connectivity index is 2.32. The molecule has 2 atom stereocenters. The standard InChI is InChI=1S/C15H21N3O3/c1-11(15(20)18(2)3)17-9-13(19)10-21-14-6-4-12(8-16)5-7-14/h4-7,11,13,17,19H,9-10H2,1-3H3. The van der Waals surface area contributed by atoms with E-state index in [2.05, 4.69) is 5.32 Å². The van der Waals surface area contributed by atoms with Gasteiger partial charge in [-0.2, -0.15) is 5.26 Å². The minimum atomic E-state index is -0.724. The van der Waals surface area contributed by atoms with E-state index in [4.69, 9.17) is 10.00 Å². The molecule has 2 N–H and O–H groups in total. The highest BCUT2D eigenvalue weighted by Gasteiger charge is 2.15. The van der Waals surface area contributed by atoms with Gasteiger partial charge in [0.15, 0.2) is 0 Å². The number of hydrogen-bond donors (Lipinski definition) is 2. The molecule has 6 nitrogen and oxygen atoms in total. The summed E-state index contributed by atoms with van der Waals surface area (Å²) in [6.07, 6.45) is -0.724. The highest BCUT2D eigenvalue weighted by molar-refractivity contribution is 5.80. The molecule has 1 aromatic carbocycles. The highest BCUT2D eigenvalue weighted by Crippen LogP contribution is 2.11. The molecule has 0 fully saturated rings. The van der Waals surface area contributed by atoms with Gasteiger partial charge in [-0.3, -0.25) is 4.79 Å². The Morgan fingerprint density at radius 3 is 2.57 bits per heavy atom. The zero-order chi connectivity index (χ0) is 15.8. The third kappa shape index (κ3) is 5.81. The summed E-state index contributed by atoms with van der Waals surface area (Å²) in [5, 5.41) is 21.5. The van der Waals surface area contributed by atoms with Crippen LogP contribution in [0.2, 0.25) is 0 Å². The Hall–Kier alpha value is -2.10. The Labute approximate surface area is 124 Å². The average Bonchev–Trinajstić information content (AvgIpc) is 2.50. The van der Waals surface area contributed by atoms with Crippen LogP contribution >= 0.6 is 0 Å². The van der Waals surface area contributed by atoms with Crippen molar-refractivity contribution in [1.82, 2.24) is 10.2 Å². The SMILES string of the molecule is CC(NCC(O)COc1ccc(C#N)cc1)C(=O)N(C)C. The van der Waals surface area contributed by atoms with Gasteiger partial charge in [0.05, 0.1) is 17.7 Å². The number of carbonyl (C=O) groups excluding carboxylic acids is 1. The molecule has 0 aromatic heterocycles. The van der Waals surface area contributed by atoms with E-state index in [9.17, 15) is 9.90 Å². The number of carbonyl (C=O) groups is 1. The summed E-state index contributed by atoms with van der Waals surface area (Å²) in [7, 11) is 3.37. The van der Waals surface area contributed by atoms with Gasteiger partial charge in [-0.15, -0.1) is 0 Å². The molecule has 0 radical (unpaired) electrons. The Bertz CT molecular complexity index is 494. The third-order valence-corrected chi connectivity index (χ3v) is 2.90. The smallest absolute Gasteiger partial charge is 0.238 e. The van der Waals surface area contributed by atoms with Crippen LogP contribution < -0.4 is 10.1 Å². The van der Waals surface area contributed by atoms with Crippen LogP contribution in [0.5, 0.6) is 5.75 Å². The van der Waals surface area contributed by atoms with Crippen LogP contribution in [0.3, 0.4) is 0 Å². The number of amides is 1. The van der Waals surface area contributed by atoms with E-state index in [1.807, 2.05) is 6.07 Å². The number of likely N-dealkylation sites (N-methyl/N-ethyl adjacent to an activating group) is 1. The molecule has 0 heterocycles. The first-order chi connectivity index (χ1) is 9.93. The van der Waals surface area contributed by atoms with Gasteiger partial charge < -0.3 is 20.1 Å². The van der Waals surface area contributed by atoms with Crippen LogP contribution in [0.4, 0.5) is 0 Å². The Kier molecular flexibility index (Phi) is 6.66. The highest BCUT2D eigenvalue weighted by atomic mass is 16.5. The lowest BCUT2D eigenvalue weighted by Crippen LogP contribution is -2.45. The molecule has 1 aromatic rings. The average molecular weight is 291 g/mol. The first kappa shape index (κ1) is 17.0. The summed E-state index contributed by atoms with van der Waals surface area (Å²) in [4.78, 5) is 13.1. The van der Waals surface area contributed by atoms with Crippen LogP contribution in [0.1, 0.15) is 12.5 Å². The molecule has 0 bridgehead atoms. The van der Waals surface area contributed by atoms with Gasteiger partial charge in [0, 0.05) is 20.6 Å². The molecular weight excluding hydrogens is 270 g/mol. The van der Waals surface area contributed by atoms with Gasteiger partial charge in [-0.05, 0) is 31.2 Å². The van der Waals surface area contributed by atoms with Crippen LogP contribution in [0.25, 0.3) is 0 Å². The summed E-state index contributed by atoms with van der Waals surface area (Å²) in [6.45, 7) is 2.12. The summed E-state index contributed by atoms with van der Waals surface area (Å²) in [5.74, 6) is 0.542. The van der Waals surface area contributed by atoms with E-state index in [0.29, 0.717) is 11.3 Å². The van der Waals surface area contributed by atoms with Crippen LogP contribution in [-0.2, 0) is 4.79 Å². The molecule has 0 aliphatic rings. The molecule has 0 saturated carbocycles. The summed E-state index contributed by atoms with van der Waals surface area (Å²) < 4.78 is 5.41. The second-order valence-corrected chi connectivity index (χ2v) is 4.96. The molecule has 1 rings (SSSR count). The maximum atomic E-state index is 11.6. The number of ether oxygens (including phenoxy) is 1. The van der Waals surface area contributed by atoms with Crippen molar-refractivity contribution in [3.05, 3.63) is 29.8 Å². The van der Waals surface area contributed by atoms with Crippen molar-refractivity contribution in [3.63, 3.8) is 0 Å². The van der Waals surface area contributed by atoms with Crippen LogP contribution in [0.15, 0.2) is 24.3 Å². The van der Waals surface area contributed by atoms with Crippen molar-refractivity contribution in [2.75, 3.05) is 27.2 Å². The first-order valence-electron chi connectivity index (χ1n) is 6.69. The van der Waals surface area contributed by atoms with Gasteiger partial charge in [0.2, 0.25) is 5.91 Å². The minimum Gasteiger partial charge on any atom is -0.491 e. The summed E-state index contributed by atoms with van der Waals surface area (Å²) in [6, 6.07) is 8.32. The van der Waals surface area contributed by atoms with Crippen molar-refractivity contribution < 1.29 is 14.6 Å². The summed E-state index contributed by atoms with van der Waals surface area (Å²) in [5.41, 5.74) is 0.556. The van der Waals surface area contributed by atoms with Crippen molar-refractivity contribution in [1.29, 1.82) is 5.26 Å². The quantitative estimate of drug-likeness (QED) is 0.758. The van der Waals surface area contributed by atoms with E-state index < -0.39 is 6.10 Å². The number of rotatable bonds is 7. The van der Waals surface area contributed by atoms with Crippen molar-refractivity contribution in [2.24, 2.45) is 0 Å². The number of aliphatic hydroxyl groups is 1. The fourth-order valence-corrected chi connectivity index (χ4v) is 1.66. The molecule has 0 aliphatic carbocycles. The van der Waals surface area contributed by atoms with Gasteiger partial charge >= 0.3 is 0 Å². The number of nitriles is 1. The largest absolute Gasteiger partial charge is 0.491 e.